The van der Waals surface area contributed by atoms with Crippen LogP contribution >= 0.6 is 0 Å². The second kappa shape index (κ2) is 8.08. The molecule has 28 heavy (non-hydrogen) atoms. The second-order valence-corrected chi connectivity index (χ2v) is 8.59. The molecule has 5 nitrogen and oxygen atoms in total. The Bertz CT molecular complexity index is 844. The second-order valence-electron chi connectivity index (χ2n) is 8.59. The SMILES string of the molecule is Cc1ccc2ncc(N(C)C3CCN(CC(=O)N4CCC[C@H]4C)CC3)cc2c1. The summed E-state index contributed by atoms with van der Waals surface area (Å²) in [5, 5.41) is 1.20. The number of aryl methyl sites for hydroxylation is 1. The van der Waals surface area contributed by atoms with E-state index in [9.17, 15) is 4.79 Å². The van der Waals surface area contributed by atoms with Crippen molar-refractivity contribution >= 4 is 22.5 Å². The Kier molecular flexibility index (Phi) is 5.54. The van der Waals surface area contributed by atoms with E-state index in [1.54, 1.807) is 0 Å². The Morgan fingerprint density at radius 1 is 1.18 bits per heavy atom. The van der Waals surface area contributed by atoms with E-state index < -0.39 is 0 Å². The van der Waals surface area contributed by atoms with Crippen molar-refractivity contribution in [1.82, 2.24) is 14.8 Å². The Morgan fingerprint density at radius 2 is 1.96 bits per heavy atom. The average Bonchev–Trinajstić information content (AvgIpc) is 3.13. The van der Waals surface area contributed by atoms with Gasteiger partial charge in [-0.05, 0) is 57.7 Å². The van der Waals surface area contributed by atoms with Gasteiger partial charge < -0.3 is 9.80 Å². The van der Waals surface area contributed by atoms with Crippen molar-refractivity contribution in [3.05, 3.63) is 36.0 Å². The highest BCUT2D eigenvalue weighted by molar-refractivity contribution is 5.82. The van der Waals surface area contributed by atoms with E-state index in [2.05, 4.69) is 64.8 Å². The van der Waals surface area contributed by atoms with Crippen LogP contribution in [0.25, 0.3) is 10.9 Å². The smallest absolute Gasteiger partial charge is 0.236 e. The Morgan fingerprint density at radius 3 is 2.68 bits per heavy atom. The molecule has 0 saturated carbocycles. The van der Waals surface area contributed by atoms with Gasteiger partial charge in [-0.1, -0.05) is 11.6 Å². The van der Waals surface area contributed by atoms with Gasteiger partial charge in [0.05, 0.1) is 23.9 Å². The molecule has 0 N–H and O–H groups in total. The number of rotatable bonds is 4. The quantitative estimate of drug-likeness (QED) is 0.814. The molecule has 0 spiro atoms. The highest BCUT2D eigenvalue weighted by Gasteiger charge is 2.29. The molecule has 3 heterocycles. The number of amides is 1. The fourth-order valence-corrected chi connectivity index (χ4v) is 4.69. The maximum absolute atomic E-state index is 12.6. The van der Waals surface area contributed by atoms with E-state index in [-0.39, 0.29) is 0 Å². The molecular weight excluding hydrogens is 348 g/mol. The van der Waals surface area contributed by atoms with Crippen LogP contribution in [0.2, 0.25) is 0 Å². The van der Waals surface area contributed by atoms with Gasteiger partial charge >= 0.3 is 0 Å². The van der Waals surface area contributed by atoms with E-state index >= 15 is 0 Å². The normalized spacial score (nSPS) is 21.4. The van der Waals surface area contributed by atoms with Crippen molar-refractivity contribution < 1.29 is 4.79 Å². The van der Waals surface area contributed by atoms with E-state index in [0.717, 1.165) is 50.8 Å². The van der Waals surface area contributed by atoms with Gasteiger partial charge in [-0.15, -0.1) is 0 Å². The van der Waals surface area contributed by atoms with Crippen molar-refractivity contribution in [1.29, 1.82) is 0 Å². The summed E-state index contributed by atoms with van der Waals surface area (Å²) in [5.74, 6) is 0.311. The maximum Gasteiger partial charge on any atom is 0.236 e. The van der Waals surface area contributed by atoms with E-state index in [1.165, 1.54) is 16.6 Å². The number of fused-ring (bicyclic) bond motifs is 1. The molecule has 2 saturated heterocycles. The molecule has 1 aromatic heterocycles. The number of hydrogen-bond acceptors (Lipinski definition) is 4. The average molecular weight is 381 g/mol. The molecule has 150 valence electrons. The Labute approximate surface area is 168 Å². The van der Waals surface area contributed by atoms with Gasteiger partial charge in [0.1, 0.15) is 0 Å². The van der Waals surface area contributed by atoms with E-state index in [0.29, 0.717) is 24.5 Å². The lowest BCUT2D eigenvalue weighted by Crippen LogP contribution is -2.48. The molecule has 0 unspecified atom stereocenters. The molecule has 0 aliphatic carbocycles. The number of benzene rings is 1. The third-order valence-corrected chi connectivity index (χ3v) is 6.57. The van der Waals surface area contributed by atoms with E-state index in [4.69, 9.17) is 0 Å². The van der Waals surface area contributed by atoms with Gasteiger partial charge in [-0.2, -0.15) is 0 Å². The molecule has 0 bridgehead atoms. The van der Waals surface area contributed by atoms with Crippen LogP contribution in [0.4, 0.5) is 5.69 Å². The first kappa shape index (κ1) is 19.2. The zero-order valence-electron chi connectivity index (χ0n) is 17.4. The van der Waals surface area contributed by atoms with Crippen LogP contribution in [-0.2, 0) is 4.79 Å². The summed E-state index contributed by atoms with van der Waals surface area (Å²) in [7, 11) is 2.18. The van der Waals surface area contributed by atoms with E-state index in [1.807, 2.05) is 6.20 Å². The highest BCUT2D eigenvalue weighted by Crippen LogP contribution is 2.25. The van der Waals surface area contributed by atoms with Gasteiger partial charge in [0.25, 0.3) is 0 Å². The number of nitrogens with zero attached hydrogens (tertiary/aromatic N) is 4. The van der Waals surface area contributed by atoms with Crippen LogP contribution in [0.3, 0.4) is 0 Å². The van der Waals surface area contributed by atoms with Crippen molar-refractivity contribution in [2.45, 2.75) is 51.6 Å². The van der Waals surface area contributed by atoms with Gasteiger partial charge in [0.15, 0.2) is 0 Å². The summed E-state index contributed by atoms with van der Waals surface area (Å²) in [4.78, 5) is 24.0. The summed E-state index contributed by atoms with van der Waals surface area (Å²) in [6, 6.07) is 9.57. The minimum absolute atomic E-state index is 0.311. The number of carbonyl (C=O) groups is 1. The Balaban J connectivity index is 1.35. The van der Waals surface area contributed by atoms with Crippen LogP contribution in [0.1, 0.15) is 38.2 Å². The zero-order chi connectivity index (χ0) is 19.7. The van der Waals surface area contributed by atoms with Crippen molar-refractivity contribution in [3.8, 4) is 0 Å². The zero-order valence-corrected chi connectivity index (χ0v) is 17.4. The van der Waals surface area contributed by atoms with Crippen molar-refractivity contribution in [2.24, 2.45) is 0 Å². The number of hydrogen-bond donors (Lipinski definition) is 0. The van der Waals surface area contributed by atoms with Crippen LogP contribution < -0.4 is 4.90 Å². The van der Waals surface area contributed by atoms with Crippen LogP contribution in [0, 0.1) is 6.92 Å². The lowest BCUT2D eigenvalue weighted by Gasteiger charge is -2.38. The summed E-state index contributed by atoms with van der Waals surface area (Å²) >= 11 is 0. The predicted molar refractivity (Wildman–Crippen MR) is 115 cm³/mol. The standard InChI is InChI=1S/C23H32N4O/c1-17-6-7-22-19(13-17)14-21(15-24-22)25(3)20-8-11-26(12-9-20)16-23(28)27-10-4-5-18(27)2/h6-7,13-15,18,20H,4-5,8-12,16H2,1-3H3/t18-/m1/s1. The molecule has 4 rings (SSSR count). The third-order valence-electron chi connectivity index (χ3n) is 6.57. The van der Waals surface area contributed by atoms with Crippen LogP contribution in [-0.4, -0.2) is 66.0 Å². The number of likely N-dealkylation sites (tertiary alicyclic amines) is 2. The van der Waals surface area contributed by atoms with Crippen LogP contribution in [0.15, 0.2) is 30.5 Å². The topological polar surface area (TPSA) is 39.7 Å². The minimum Gasteiger partial charge on any atom is -0.370 e. The van der Waals surface area contributed by atoms with Gasteiger partial charge in [-0.25, -0.2) is 0 Å². The largest absolute Gasteiger partial charge is 0.370 e. The summed E-state index contributed by atoms with van der Waals surface area (Å²) in [6.45, 7) is 7.79. The molecule has 1 amide bonds. The number of pyridine rings is 1. The minimum atomic E-state index is 0.311. The Hall–Kier alpha value is -2.14. The lowest BCUT2D eigenvalue weighted by atomic mass is 10.0. The third kappa shape index (κ3) is 4.00. The highest BCUT2D eigenvalue weighted by atomic mass is 16.2. The number of anilines is 1. The molecule has 5 heteroatoms. The summed E-state index contributed by atoms with van der Waals surface area (Å²) in [5.41, 5.74) is 3.49. The predicted octanol–water partition coefficient (Wildman–Crippen LogP) is 3.45. The molecule has 2 aliphatic rings. The van der Waals surface area contributed by atoms with Gasteiger partial charge in [0.2, 0.25) is 5.91 Å². The molecule has 1 atom stereocenters. The van der Waals surface area contributed by atoms with Crippen LogP contribution in [0.5, 0.6) is 0 Å². The molecule has 2 aliphatic heterocycles. The van der Waals surface area contributed by atoms with Gasteiger partial charge in [0, 0.05) is 44.2 Å². The molecule has 2 aromatic rings. The summed E-state index contributed by atoms with van der Waals surface area (Å²) in [6.07, 6.45) is 6.47. The summed E-state index contributed by atoms with van der Waals surface area (Å²) < 4.78 is 0. The van der Waals surface area contributed by atoms with Gasteiger partial charge in [-0.3, -0.25) is 14.7 Å². The molecule has 1 aromatic carbocycles. The molecular formula is C23H32N4O. The van der Waals surface area contributed by atoms with Crippen molar-refractivity contribution in [2.75, 3.05) is 38.1 Å². The first-order valence-corrected chi connectivity index (χ1v) is 10.6. The molecule has 0 radical (unpaired) electrons. The first-order chi connectivity index (χ1) is 13.5. The van der Waals surface area contributed by atoms with Crippen molar-refractivity contribution in [3.63, 3.8) is 0 Å². The first-order valence-electron chi connectivity index (χ1n) is 10.6. The number of aromatic nitrogens is 1. The monoisotopic (exact) mass is 380 g/mol. The molecule has 2 fully saturated rings. The fraction of sp³-hybridized carbons (Fsp3) is 0.565. The maximum atomic E-state index is 12.6. The lowest BCUT2D eigenvalue weighted by molar-refractivity contribution is -0.133. The fourth-order valence-electron chi connectivity index (χ4n) is 4.69. The number of carbonyl (C=O) groups excluding carboxylic acids is 1. The number of piperidine rings is 1.